The summed E-state index contributed by atoms with van der Waals surface area (Å²) >= 11 is 1.56. The van der Waals surface area contributed by atoms with E-state index in [-0.39, 0.29) is 22.7 Å². The number of Topliss-reactive ketones (excluding diaryl/α,β-unsaturated/α-hetero) is 1. The van der Waals surface area contributed by atoms with E-state index < -0.39 is 6.10 Å². The maximum atomic E-state index is 13.7. The molecular weight excluding hydrogens is 480 g/mol. The Kier molecular flexibility index (Phi) is 5.46. The Bertz CT molecular complexity index is 1410. The standard InChI is InChI=1S/C31H34N2O3S/c1-30-14-19-16-32-36-27(19)13-20(30)8-9-21-22-10-11-23(31(22,2)15-25(34)29(21)30)26(35)17-37-28-12-7-18-5-3-4-6-24(18)33-28/h3-7,12-13,16,21-23,25,29,34H,8-11,14-15,17H2,1-2H3. The van der Waals surface area contributed by atoms with Crippen molar-refractivity contribution in [3.63, 3.8) is 0 Å². The van der Waals surface area contributed by atoms with Crippen molar-refractivity contribution >= 4 is 34.5 Å². The molecule has 4 aliphatic rings. The number of nitrogens with zero attached hydrogens (tertiary/aromatic N) is 2. The number of rotatable bonds is 4. The zero-order chi connectivity index (χ0) is 25.4. The lowest BCUT2D eigenvalue weighted by molar-refractivity contribution is -0.140. The smallest absolute Gasteiger partial charge is 0.162 e. The third-order valence-electron chi connectivity index (χ3n) is 10.5. The van der Waals surface area contributed by atoms with E-state index in [4.69, 9.17) is 9.51 Å². The van der Waals surface area contributed by atoms with Crippen molar-refractivity contribution in [2.24, 2.45) is 34.5 Å². The van der Waals surface area contributed by atoms with Gasteiger partial charge >= 0.3 is 0 Å². The molecule has 7 rings (SSSR count). The van der Waals surface area contributed by atoms with Gasteiger partial charge in [0.1, 0.15) is 5.78 Å². The summed E-state index contributed by atoms with van der Waals surface area (Å²) in [6, 6.07) is 12.2. The van der Waals surface area contributed by atoms with E-state index in [0.29, 0.717) is 29.8 Å². The van der Waals surface area contributed by atoms with Crippen molar-refractivity contribution in [1.82, 2.24) is 10.1 Å². The van der Waals surface area contributed by atoms with Gasteiger partial charge in [-0.05, 0) is 85.3 Å². The molecule has 0 amide bonds. The van der Waals surface area contributed by atoms with E-state index in [2.05, 4.69) is 37.2 Å². The first-order chi connectivity index (χ1) is 17.9. The fraction of sp³-hybridized carbons (Fsp3) is 0.516. The van der Waals surface area contributed by atoms with Crippen LogP contribution in [0, 0.1) is 34.5 Å². The summed E-state index contributed by atoms with van der Waals surface area (Å²) in [6.07, 6.45) is 9.41. The summed E-state index contributed by atoms with van der Waals surface area (Å²) in [5.74, 6) is 2.84. The number of allylic oxidation sites excluding steroid dienone is 1. The van der Waals surface area contributed by atoms with Crippen LogP contribution in [-0.2, 0) is 11.2 Å². The van der Waals surface area contributed by atoms with Gasteiger partial charge in [0.05, 0.1) is 28.6 Å². The van der Waals surface area contributed by atoms with Crippen molar-refractivity contribution < 1.29 is 14.4 Å². The number of benzene rings is 1. The normalized spacial score (nSPS) is 36.3. The molecule has 3 saturated carbocycles. The fourth-order valence-corrected chi connectivity index (χ4v) is 9.74. The highest BCUT2D eigenvalue weighted by molar-refractivity contribution is 7.99. The van der Waals surface area contributed by atoms with E-state index in [1.807, 2.05) is 30.5 Å². The van der Waals surface area contributed by atoms with Crippen molar-refractivity contribution in [2.75, 3.05) is 5.75 Å². The largest absolute Gasteiger partial charge is 0.393 e. The first kappa shape index (κ1) is 23.7. The highest BCUT2D eigenvalue weighted by atomic mass is 32.2. The first-order valence-corrected chi connectivity index (χ1v) is 14.7. The lowest BCUT2D eigenvalue weighted by Crippen LogP contribution is -2.57. The third kappa shape index (κ3) is 3.59. The zero-order valence-corrected chi connectivity index (χ0v) is 22.3. The minimum atomic E-state index is -0.399. The highest BCUT2D eigenvalue weighted by Crippen LogP contribution is 2.66. The van der Waals surface area contributed by atoms with Gasteiger partial charge in [-0.1, -0.05) is 60.6 Å². The Morgan fingerprint density at radius 2 is 2.03 bits per heavy atom. The molecule has 3 fully saturated rings. The topological polar surface area (TPSA) is 76.2 Å². The Morgan fingerprint density at radius 1 is 1.16 bits per heavy atom. The van der Waals surface area contributed by atoms with Crippen LogP contribution in [0.1, 0.15) is 57.3 Å². The zero-order valence-electron chi connectivity index (χ0n) is 21.5. The van der Waals surface area contributed by atoms with Gasteiger partial charge < -0.3 is 9.63 Å². The summed E-state index contributed by atoms with van der Waals surface area (Å²) in [5, 5.41) is 17.8. The number of hydrogen-bond acceptors (Lipinski definition) is 6. The number of ketones is 1. The summed E-state index contributed by atoms with van der Waals surface area (Å²) in [5.41, 5.74) is 3.33. The minimum absolute atomic E-state index is 0.0156. The number of aromatic nitrogens is 2. The number of aliphatic hydroxyl groups excluding tert-OH is 1. The molecule has 0 bridgehead atoms. The molecule has 7 atom stereocenters. The predicted molar refractivity (Wildman–Crippen MR) is 145 cm³/mol. The summed E-state index contributed by atoms with van der Waals surface area (Å²) < 4.78 is 5.48. The number of fused-ring (bicyclic) bond motifs is 7. The van der Waals surface area contributed by atoms with Crippen LogP contribution in [0.15, 0.2) is 57.7 Å². The molecule has 2 aromatic heterocycles. The van der Waals surface area contributed by atoms with Crippen LogP contribution in [0.4, 0.5) is 0 Å². The first-order valence-electron chi connectivity index (χ1n) is 13.7. The number of aliphatic hydroxyl groups is 1. The number of carbonyl (C=O) groups is 1. The van der Waals surface area contributed by atoms with Gasteiger partial charge in [-0.25, -0.2) is 4.98 Å². The number of carbonyl (C=O) groups excluding carboxylic acids is 1. The number of hydrogen-bond donors (Lipinski definition) is 1. The molecule has 7 unspecified atom stereocenters. The molecule has 1 aromatic carbocycles. The molecule has 0 radical (unpaired) electrons. The Morgan fingerprint density at radius 3 is 2.92 bits per heavy atom. The third-order valence-corrected chi connectivity index (χ3v) is 11.5. The summed E-state index contributed by atoms with van der Waals surface area (Å²) in [6.45, 7) is 4.65. The molecule has 0 saturated heterocycles. The Balaban J connectivity index is 1.10. The number of thioether (sulfide) groups is 1. The second-order valence-corrected chi connectivity index (χ2v) is 13.3. The van der Waals surface area contributed by atoms with Crippen LogP contribution in [0.25, 0.3) is 17.0 Å². The van der Waals surface area contributed by atoms with Crippen LogP contribution >= 0.6 is 11.8 Å². The molecule has 5 nitrogen and oxygen atoms in total. The molecule has 192 valence electrons. The van der Waals surface area contributed by atoms with Crippen molar-refractivity contribution in [3.05, 3.63) is 59.5 Å². The maximum Gasteiger partial charge on any atom is 0.162 e. The van der Waals surface area contributed by atoms with Gasteiger partial charge in [0, 0.05) is 16.9 Å². The average molecular weight is 515 g/mol. The van der Waals surface area contributed by atoms with Crippen LogP contribution in [0.5, 0.6) is 0 Å². The van der Waals surface area contributed by atoms with Crippen molar-refractivity contribution in [3.8, 4) is 0 Å². The van der Waals surface area contributed by atoms with Crippen LogP contribution in [0.3, 0.4) is 0 Å². The quantitative estimate of drug-likeness (QED) is 0.409. The molecule has 0 spiro atoms. The SMILES string of the molecule is CC12Cc3cnoc3C=C1CCC1C2C(O)CC2(C)C(C(=O)CSc3ccc4ccccc4n3)CCC12. The average Bonchev–Trinajstić information content (AvgIpc) is 3.48. The van der Waals surface area contributed by atoms with E-state index in [0.717, 1.165) is 59.4 Å². The second-order valence-electron chi connectivity index (χ2n) is 12.3. The van der Waals surface area contributed by atoms with Gasteiger partial charge in [-0.2, -0.15) is 0 Å². The maximum absolute atomic E-state index is 13.7. The fourth-order valence-electron chi connectivity index (χ4n) is 8.92. The molecule has 37 heavy (non-hydrogen) atoms. The van der Waals surface area contributed by atoms with Crippen molar-refractivity contribution in [2.45, 2.75) is 63.5 Å². The lowest BCUT2D eigenvalue weighted by atomic mass is 9.46. The monoisotopic (exact) mass is 514 g/mol. The second kappa shape index (κ2) is 8.54. The molecular formula is C31H34N2O3S. The van der Waals surface area contributed by atoms with Gasteiger partial charge in [-0.15, -0.1) is 0 Å². The van der Waals surface area contributed by atoms with Crippen LogP contribution < -0.4 is 0 Å². The van der Waals surface area contributed by atoms with E-state index in [1.54, 1.807) is 11.8 Å². The van der Waals surface area contributed by atoms with Gasteiger partial charge in [0.15, 0.2) is 5.76 Å². The lowest BCUT2D eigenvalue weighted by Gasteiger charge is -2.59. The van der Waals surface area contributed by atoms with Crippen LogP contribution in [0.2, 0.25) is 0 Å². The van der Waals surface area contributed by atoms with Crippen molar-refractivity contribution in [1.29, 1.82) is 0 Å². The van der Waals surface area contributed by atoms with Gasteiger partial charge in [0.2, 0.25) is 0 Å². The molecule has 1 N–H and O–H groups in total. The molecule has 0 aliphatic heterocycles. The minimum Gasteiger partial charge on any atom is -0.393 e. The predicted octanol–water partition coefficient (Wildman–Crippen LogP) is 6.35. The highest BCUT2D eigenvalue weighted by Gasteiger charge is 2.63. The van der Waals surface area contributed by atoms with E-state index >= 15 is 0 Å². The van der Waals surface area contributed by atoms with Gasteiger partial charge in [-0.3, -0.25) is 4.79 Å². The summed E-state index contributed by atoms with van der Waals surface area (Å²) in [7, 11) is 0. The molecule has 4 aliphatic carbocycles. The van der Waals surface area contributed by atoms with Gasteiger partial charge in [0.25, 0.3) is 0 Å². The molecule has 3 aromatic rings. The van der Waals surface area contributed by atoms with Crippen LogP contribution in [-0.4, -0.2) is 32.9 Å². The number of para-hydroxylation sites is 1. The number of pyridine rings is 1. The Hall–Kier alpha value is -2.44. The molecule has 6 heteroatoms. The Labute approximate surface area is 222 Å². The molecule has 2 heterocycles. The van der Waals surface area contributed by atoms with E-state index in [1.165, 1.54) is 5.57 Å². The van der Waals surface area contributed by atoms with E-state index in [9.17, 15) is 9.90 Å². The summed E-state index contributed by atoms with van der Waals surface area (Å²) in [4.78, 5) is 18.4.